The summed E-state index contributed by atoms with van der Waals surface area (Å²) in [7, 11) is 12.5. The quantitative estimate of drug-likeness (QED) is 0.0629. The highest BCUT2D eigenvalue weighted by Crippen LogP contribution is 2.00. The van der Waals surface area contributed by atoms with Gasteiger partial charge in [0.25, 0.3) is 0 Å². The van der Waals surface area contributed by atoms with Crippen LogP contribution in [0.4, 0.5) is 0 Å². The maximum atomic E-state index is 3.64. The molecule has 0 aromatic carbocycles. The van der Waals surface area contributed by atoms with Crippen LogP contribution in [0.15, 0.2) is 0 Å². The molecule has 224 valence electrons. The van der Waals surface area contributed by atoms with Gasteiger partial charge in [-0.3, -0.25) is 4.90 Å². The van der Waals surface area contributed by atoms with Crippen molar-refractivity contribution in [2.24, 2.45) is 0 Å². The van der Waals surface area contributed by atoms with Gasteiger partial charge >= 0.3 is 0 Å². The van der Waals surface area contributed by atoms with Gasteiger partial charge in [0.15, 0.2) is 0 Å². The van der Waals surface area contributed by atoms with Crippen molar-refractivity contribution in [2.75, 3.05) is 160 Å². The Hall–Kier alpha value is -0.400. The Bertz CT molecular complexity index is 435. The van der Waals surface area contributed by atoms with Gasteiger partial charge in [0.05, 0.1) is 0 Å². The van der Waals surface area contributed by atoms with Crippen molar-refractivity contribution in [1.82, 2.24) is 51.5 Å². The molecule has 10 nitrogen and oxygen atoms in total. The van der Waals surface area contributed by atoms with E-state index in [1.54, 1.807) is 0 Å². The molecule has 0 unspecified atom stereocenters. The molecule has 0 saturated heterocycles. The van der Waals surface area contributed by atoms with Crippen LogP contribution in [0.5, 0.6) is 0 Å². The predicted molar refractivity (Wildman–Crippen MR) is 163 cm³/mol. The van der Waals surface area contributed by atoms with Crippen LogP contribution in [0, 0.1) is 0 Å². The molecule has 6 N–H and O–H groups in total. The summed E-state index contributed by atoms with van der Waals surface area (Å²) in [6.45, 7) is 19.8. The number of likely N-dealkylation sites (N-methyl/N-ethyl adjacent to an activating group) is 6. The van der Waals surface area contributed by atoms with Crippen LogP contribution in [0.2, 0.25) is 0 Å². The van der Waals surface area contributed by atoms with Crippen LogP contribution in [-0.2, 0) is 0 Å². The lowest BCUT2D eigenvalue weighted by Crippen LogP contribution is -2.42. The van der Waals surface area contributed by atoms with E-state index in [1.165, 1.54) is 25.8 Å². The Balaban J connectivity index is 3.82. The standard InChI is InChI=1S/C27H66N10/c1-28-11-19-34(5)21-16-33-17-22-35(6)20-15-32-10-8-7-9-18-36(23-12-29-2)26-27-37(24-13-30-3)25-14-31-4/h28-33H,7-27H2,1-6H3. The van der Waals surface area contributed by atoms with E-state index in [0.29, 0.717) is 0 Å². The average molecular weight is 531 g/mol. The van der Waals surface area contributed by atoms with Crippen molar-refractivity contribution in [3.8, 4) is 0 Å². The van der Waals surface area contributed by atoms with Gasteiger partial charge in [-0.2, -0.15) is 0 Å². The summed E-state index contributed by atoms with van der Waals surface area (Å²) in [5.41, 5.74) is 0. The zero-order chi connectivity index (χ0) is 27.4. The van der Waals surface area contributed by atoms with Crippen LogP contribution < -0.4 is 31.9 Å². The molecule has 0 aliphatic carbocycles. The largest absolute Gasteiger partial charge is 0.318 e. The third-order valence-corrected chi connectivity index (χ3v) is 6.85. The lowest BCUT2D eigenvalue weighted by molar-refractivity contribution is 0.203. The predicted octanol–water partition coefficient (Wildman–Crippen LogP) is -1.32. The Morgan fingerprint density at radius 2 is 0.730 bits per heavy atom. The van der Waals surface area contributed by atoms with Crippen LogP contribution in [0.3, 0.4) is 0 Å². The zero-order valence-electron chi connectivity index (χ0n) is 25.6. The monoisotopic (exact) mass is 531 g/mol. The van der Waals surface area contributed by atoms with E-state index < -0.39 is 0 Å². The Labute approximate surface area is 231 Å². The number of nitrogens with zero attached hydrogens (tertiary/aromatic N) is 4. The van der Waals surface area contributed by atoms with Crippen molar-refractivity contribution in [3.63, 3.8) is 0 Å². The molecule has 0 rings (SSSR count). The topological polar surface area (TPSA) is 85.1 Å². The lowest BCUT2D eigenvalue weighted by atomic mass is 10.2. The second-order valence-corrected chi connectivity index (χ2v) is 10.3. The molecule has 0 radical (unpaired) electrons. The van der Waals surface area contributed by atoms with E-state index in [9.17, 15) is 0 Å². The molecule has 0 heterocycles. The maximum Gasteiger partial charge on any atom is 0.0110 e. The van der Waals surface area contributed by atoms with Gasteiger partial charge in [-0.05, 0) is 68.2 Å². The van der Waals surface area contributed by atoms with Crippen LogP contribution >= 0.6 is 0 Å². The van der Waals surface area contributed by atoms with Gasteiger partial charge in [0, 0.05) is 105 Å². The van der Waals surface area contributed by atoms with E-state index in [0.717, 1.165) is 111 Å². The fourth-order valence-electron chi connectivity index (χ4n) is 4.11. The molecule has 0 bridgehead atoms. The molecule has 0 saturated carbocycles. The highest BCUT2D eigenvalue weighted by molar-refractivity contribution is 4.67. The fourth-order valence-corrected chi connectivity index (χ4v) is 4.11. The van der Waals surface area contributed by atoms with E-state index >= 15 is 0 Å². The van der Waals surface area contributed by atoms with Crippen LogP contribution in [-0.4, -0.2) is 180 Å². The van der Waals surface area contributed by atoms with Gasteiger partial charge < -0.3 is 46.6 Å². The minimum absolute atomic E-state index is 1.05. The Morgan fingerprint density at radius 3 is 1.19 bits per heavy atom. The first kappa shape index (κ1) is 36.6. The number of nitrogens with one attached hydrogen (secondary N) is 6. The van der Waals surface area contributed by atoms with Crippen LogP contribution in [0.25, 0.3) is 0 Å². The maximum absolute atomic E-state index is 3.64. The summed E-state index contributed by atoms with van der Waals surface area (Å²) in [6.07, 6.45) is 3.85. The second kappa shape index (κ2) is 28.6. The van der Waals surface area contributed by atoms with Crippen molar-refractivity contribution >= 4 is 0 Å². The average Bonchev–Trinajstić information content (AvgIpc) is 2.90. The summed E-state index contributed by atoms with van der Waals surface area (Å²) in [5.74, 6) is 0. The van der Waals surface area contributed by atoms with E-state index in [4.69, 9.17) is 0 Å². The third kappa shape index (κ3) is 25.6. The number of hydrogen-bond acceptors (Lipinski definition) is 10. The van der Waals surface area contributed by atoms with Crippen molar-refractivity contribution in [2.45, 2.75) is 19.3 Å². The summed E-state index contributed by atoms with van der Waals surface area (Å²) >= 11 is 0. The number of hydrogen-bond donors (Lipinski definition) is 6. The first-order valence-electron chi connectivity index (χ1n) is 14.9. The van der Waals surface area contributed by atoms with Crippen molar-refractivity contribution in [1.29, 1.82) is 0 Å². The lowest BCUT2D eigenvalue weighted by Gasteiger charge is -2.28. The fraction of sp³-hybridized carbons (Fsp3) is 1.00. The van der Waals surface area contributed by atoms with E-state index in [2.05, 4.69) is 72.6 Å². The first-order valence-corrected chi connectivity index (χ1v) is 14.9. The first-order chi connectivity index (χ1) is 18.1. The smallest absolute Gasteiger partial charge is 0.0110 e. The molecule has 10 heteroatoms. The minimum atomic E-state index is 1.05. The van der Waals surface area contributed by atoms with Gasteiger partial charge in [-0.25, -0.2) is 0 Å². The Morgan fingerprint density at radius 1 is 0.351 bits per heavy atom. The normalized spacial score (nSPS) is 12.2. The molecule has 0 spiro atoms. The zero-order valence-corrected chi connectivity index (χ0v) is 25.6. The Kier molecular flexibility index (Phi) is 28.3. The molecular weight excluding hydrogens is 464 g/mol. The highest BCUT2D eigenvalue weighted by atomic mass is 15.2. The van der Waals surface area contributed by atoms with Crippen LogP contribution in [0.1, 0.15) is 19.3 Å². The SMILES string of the molecule is CNCCN(C)CCNCCN(C)CCNCCCCCN(CCNC)CCN(CCNC)CCNC. The molecule has 0 aromatic rings. The highest BCUT2D eigenvalue weighted by Gasteiger charge is 2.09. The van der Waals surface area contributed by atoms with E-state index in [1.807, 2.05) is 21.1 Å². The molecule has 0 aliphatic heterocycles. The van der Waals surface area contributed by atoms with Gasteiger partial charge in [0.2, 0.25) is 0 Å². The van der Waals surface area contributed by atoms with Gasteiger partial charge in [-0.1, -0.05) is 6.42 Å². The number of rotatable bonds is 30. The summed E-state index contributed by atoms with van der Waals surface area (Å²) < 4.78 is 0. The molecule has 0 aromatic heterocycles. The molecular formula is C27H66N10. The summed E-state index contributed by atoms with van der Waals surface area (Å²) in [6, 6.07) is 0. The molecule has 37 heavy (non-hydrogen) atoms. The third-order valence-electron chi connectivity index (χ3n) is 6.85. The van der Waals surface area contributed by atoms with Gasteiger partial charge in [0.1, 0.15) is 0 Å². The molecule has 0 fully saturated rings. The minimum Gasteiger partial charge on any atom is -0.318 e. The van der Waals surface area contributed by atoms with E-state index in [-0.39, 0.29) is 0 Å². The second-order valence-electron chi connectivity index (χ2n) is 10.3. The van der Waals surface area contributed by atoms with Crippen molar-refractivity contribution in [3.05, 3.63) is 0 Å². The van der Waals surface area contributed by atoms with Gasteiger partial charge in [-0.15, -0.1) is 0 Å². The summed E-state index contributed by atoms with van der Waals surface area (Å²) in [5, 5.41) is 20.3. The molecule has 0 atom stereocenters. The number of unbranched alkanes of at least 4 members (excludes halogenated alkanes) is 2. The summed E-state index contributed by atoms with van der Waals surface area (Å²) in [4.78, 5) is 9.99. The molecule has 0 aliphatic rings. The van der Waals surface area contributed by atoms with Crippen molar-refractivity contribution < 1.29 is 0 Å². The molecule has 0 amide bonds.